The van der Waals surface area contributed by atoms with Gasteiger partial charge in [0.25, 0.3) is 0 Å². The zero-order chi connectivity index (χ0) is 28.0. The van der Waals surface area contributed by atoms with Crippen molar-refractivity contribution in [2.24, 2.45) is 0 Å². The summed E-state index contributed by atoms with van der Waals surface area (Å²) in [5.74, 6) is -1.94. The summed E-state index contributed by atoms with van der Waals surface area (Å²) >= 11 is 1.08. The van der Waals surface area contributed by atoms with E-state index in [1.807, 2.05) is 30.3 Å². The van der Waals surface area contributed by atoms with Gasteiger partial charge in [-0.05, 0) is 64.1 Å². The number of nitrogens with one attached hydrogen (secondary N) is 1. The van der Waals surface area contributed by atoms with Crippen LogP contribution < -0.4 is 5.32 Å². The molecule has 2 aromatic heterocycles. The quantitative estimate of drug-likeness (QED) is 0.143. The molecule has 39 heavy (non-hydrogen) atoms. The van der Waals surface area contributed by atoms with Crippen molar-refractivity contribution in [1.29, 1.82) is 0 Å². The predicted molar refractivity (Wildman–Crippen MR) is 149 cm³/mol. The number of ether oxygens (including phenoxy) is 1. The zero-order valence-electron chi connectivity index (χ0n) is 22.1. The molecule has 1 N–H and O–H groups in total. The minimum Gasteiger partial charge on any atom is -0.462 e. The van der Waals surface area contributed by atoms with Crippen LogP contribution in [0, 0.1) is 12.7 Å². The van der Waals surface area contributed by atoms with Gasteiger partial charge in [0.2, 0.25) is 0 Å². The van der Waals surface area contributed by atoms with Crippen molar-refractivity contribution < 1.29 is 27.5 Å². The van der Waals surface area contributed by atoms with E-state index in [9.17, 15) is 13.8 Å². The van der Waals surface area contributed by atoms with E-state index in [2.05, 4.69) is 10.3 Å². The van der Waals surface area contributed by atoms with Crippen LogP contribution in [0.4, 0.5) is 9.52 Å². The van der Waals surface area contributed by atoms with Gasteiger partial charge in [-0.2, -0.15) is 5.10 Å². The van der Waals surface area contributed by atoms with Gasteiger partial charge in [0.15, 0.2) is 10.9 Å². The minimum absolute atomic E-state index is 0.124. The fraction of sp³-hybridized carbons (Fsp3) is 0.296. The van der Waals surface area contributed by atoms with E-state index in [4.69, 9.17) is 18.9 Å². The lowest BCUT2D eigenvalue weighted by Gasteiger charge is -2.27. The van der Waals surface area contributed by atoms with Gasteiger partial charge in [-0.25, -0.2) is 18.9 Å². The summed E-state index contributed by atoms with van der Waals surface area (Å²) in [5, 5.41) is 8.32. The van der Waals surface area contributed by atoms with Crippen LogP contribution in [0.3, 0.4) is 0 Å². The maximum atomic E-state index is 14.3. The largest absolute Gasteiger partial charge is 0.462 e. The van der Waals surface area contributed by atoms with Crippen molar-refractivity contribution in [2.45, 2.75) is 33.5 Å². The molecule has 0 fully saturated rings. The molecule has 0 bridgehead atoms. The highest BCUT2D eigenvalue weighted by Gasteiger charge is 2.41. The first kappa shape index (κ1) is 28.6. The first-order valence-corrected chi connectivity index (χ1v) is 14.9. The number of thiazole rings is 1. The Balaban J connectivity index is 1.89. The molecule has 0 aliphatic rings. The number of esters is 1. The Kier molecular flexibility index (Phi) is 9.29. The molecule has 206 valence electrons. The Morgan fingerprint density at radius 2 is 1.72 bits per heavy atom. The summed E-state index contributed by atoms with van der Waals surface area (Å²) in [6.45, 7) is 7.35. The molecular formula is C27H30FN4O5PS. The predicted octanol–water partition coefficient (Wildman–Crippen LogP) is 7.00. The highest BCUT2D eigenvalue weighted by molar-refractivity contribution is 7.54. The lowest BCUT2D eigenvalue weighted by Crippen LogP contribution is -2.15. The molecule has 1 unspecified atom stereocenters. The summed E-state index contributed by atoms with van der Waals surface area (Å²) in [6, 6.07) is 15.3. The minimum atomic E-state index is -3.88. The third kappa shape index (κ3) is 6.45. The summed E-state index contributed by atoms with van der Waals surface area (Å²) in [7, 11) is -3.88. The van der Waals surface area contributed by atoms with Gasteiger partial charge in [0.05, 0.1) is 36.9 Å². The van der Waals surface area contributed by atoms with Crippen molar-refractivity contribution in [3.8, 4) is 16.9 Å². The number of benzene rings is 2. The Morgan fingerprint density at radius 1 is 1.05 bits per heavy atom. The molecule has 0 saturated carbocycles. The third-order valence-electron chi connectivity index (χ3n) is 5.63. The monoisotopic (exact) mass is 572 g/mol. The first-order chi connectivity index (χ1) is 18.8. The van der Waals surface area contributed by atoms with E-state index in [1.165, 1.54) is 12.1 Å². The standard InChI is InChI=1S/C27H30FN4O5PS/c1-5-35-26(33)24-18(4)29-27(39-24)30-25(38(34,36-6-2)37-7-3)22-17-32(21-11-9-8-10-12-21)31-23(22)19-13-15-20(28)16-14-19/h8-17,25H,5-7H2,1-4H3,(H,29,30). The molecule has 12 heteroatoms. The van der Waals surface area contributed by atoms with Crippen molar-refractivity contribution in [3.63, 3.8) is 0 Å². The molecular weight excluding hydrogens is 542 g/mol. The van der Waals surface area contributed by atoms with Crippen LogP contribution in [0.15, 0.2) is 60.8 Å². The van der Waals surface area contributed by atoms with E-state index >= 15 is 0 Å². The van der Waals surface area contributed by atoms with Gasteiger partial charge in [-0.3, -0.25) is 4.57 Å². The highest BCUT2D eigenvalue weighted by atomic mass is 32.1. The molecule has 1 atom stereocenters. The molecule has 0 spiro atoms. The van der Waals surface area contributed by atoms with Crippen molar-refractivity contribution in [1.82, 2.24) is 14.8 Å². The Hall–Kier alpha value is -3.37. The van der Waals surface area contributed by atoms with Gasteiger partial charge in [0.1, 0.15) is 10.7 Å². The number of nitrogens with zero attached hydrogens (tertiary/aromatic N) is 3. The van der Waals surface area contributed by atoms with E-state index < -0.39 is 25.2 Å². The van der Waals surface area contributed by atoms with Crippen LogP contribution in [0.5, 0.6) is 0 Å². The molecule has 4 aromatic rings. The first-order valence-electron chi connectivity index (χ1n) is 12.5. The fourth-order valence-corrected chi connectivity index (χ4v) is 6.85. The van der Waals surface area contributed by atoms with Gasteiger partial charge in [-0.1, -0.05) is 29.5 Å². The number of aromatic nitrogens is 3. The lowest BCUT2D eigenvalue weighted by molar-refractivity contribution is 0.0531. The number of anilines is 1. The van der Waals surface area contributed by atoms with E-state index in [1.54, 1.807) is 50.7 Å². The number of rotatable bonds is 12. The SMILES string of the molecule is CCOC(=O)c1sc(NC(c2cn(-c3ccccc3)nc2-c2ccc(F)cc2)P(=O)(OCC)OCC)nc1C. The van der Waals surface area contributed by atoms with E-state index in [-0.39, 0.29) is 19.8 Å². The number of carbonyl (C=O) groups excluding carboxylic acids is 1. The van der Waals surface area contributed by atoms with Crippen molar-refractivity contribution in [3.05, 3.63) is 82.7 Å². The summed E-state index contributed by atoms with van der Waals surface area (Å²) in [4.78, 5) is 17.3. The second-order valence-electron chi connectivity index (χ2n) is 8.30. The molecule has 0 amide bonds. The maximum Gasteiger partial charge on any atom is 0.357 e. The normalized spacial score (nSPS) is 12.3. The lowest BCUT2D eigenvalue weighted by atomic mass is 10.1. The third-order valence-corrected chi connectivity index (χ3v) is 8.97. The average molecular weight is 573 g/mol. The second kappa shape index (κ2) is 12.7. The van der Waals surface area contributed by atoms with Crippen LogP contribution in [0.2, 0.25) is 0 Å². The average Bonchev–Trinajstić information content (AvgIpc) is 3.52. The van der Waals surface area contributed by atoms with Gasteiger partial charge >= 0.3 is 13.6 Å². The summed E-state index contributed by atoms with van der Waals surface area (Å²) < 4.78 is 46.5. The van der Waals surface area contributed by atoms with Crippen molar-refractivity contribution in [2.75, 3.05) is 25.1 Å². The van der Waals surface area contributed by atoms with Crippen LogP contribution >= 0.6 is 18.9 Å². The molecule has 0 radical (unpaired) electrons. The molecule has 0 aliphatic carbocycles. The number of halogens is 1. The van der Waals surface area contributed by atoms with Crippen LogP contribution in [0.25, 0.3) is 16.9 Å². The van der Waals surface area contributed by atoms with E-state index in [0.717, 1.165) is 17.0 Å². The molecule has 0 saturated heterocycles. The molecule has 2 heterocycles. The molecule has 4 rings (SSSR count). The number of aryl methyl sites for hydroxylation is 1. The smallest absolute Gasteiger partial charge is 0.357 e. The zero-order valence-corrected chi connectivity index (χ0v) is 23.8. The van der Waals surface area contributed by atoms with Gasteiger partial charge in [-0.15, -0.1) is 0 Å². The van der Waals surface area contributed by atoms with Crippen LogP contribution in [0.1, 0.15) is 47.5 Å². The van der Waals surface area contributed by atoms with Crippen molar-refractivity contribution >= 4 is 30.0 Å². The Bertz CT molecular complexity index is 1450. The molecule has 0 aliphatic heterocycles. The van der Waals surface area contributed by atoms with Crippen LogP contribution in [-0.2, 0) is 18.3 Å². The van der Waals surface area contributed by atoms with E-state index in [0.29, 0.717) is 32.5 Å². The summed E-state index contributed by atoms with van der Waals surface area (Å²) in [6.07, 6.45) is 1.74. The number of hydrogen-bond acceptors (Lipinski definition) is 9. The Morgan fingerprint density at radius 3 is 2.33 bits per heavy atom. The molecule has 9 nitrogen and oxygen atoms in total. The maximum absolute atomic E-state index is 14.3. The van der Waals surface area contributed by atoms with Gasteiger partial charge in [0, 0.05) is 17.3 Å². The summed E-state index contributed by atoms with van der Waals surface area (Å²) in [5.41, 5.74) is 2.79. The van der Waals surface area contributed by atoms with Gasteiger partial charge < -0.3 is 19.1 Å². The fourth-order valence-electron chi connectivity index (χ4n) is 3.97. The van der Waals surface area contributed by atoms with Crippen LogP contribution in [-0.4, -0.2) is 40.6 Å². The number of para-hydroxylation sites is 1. The Labute approximate surface area is 230 Å². The topological polar surface area (TPSA) is 105 Å². The molecule has 2 aromatic carbocycles. The number of hydrogen-bond donors (Lipinski definition) is 1. The highest BCUT2D eigenvalue weighted by Crippen LogP contribution is 2.62. The second-order valence-corrected chi connectivity index (χ2v) is 11.4. The number of carbonyl (C=O) groups is 1.